The number of thiol groups is 1. The van der Waals surface area contributed by atoms with Gasteiger partial charge in [0.1, 0.15) is 18.4 Å². The summed E-state index contributed by atoms with van der Waals surface area (Å²) >= 11 is 5.65. The smallest absolute Gasteiger partial charge is 0.189 e. The summed E-state index contributed by atoms with van der Waals surface area (Å²) in [5.41, 5.74) is 5.40. The maximum atomic E-state index is 9.65. The molecular weight excluding hydrogens is 364 g/mol. The molecule has 0 aliphatic carbocycles. The largest absolute Gasteiger partial charge is 0.360 e. The minimum Gasteiger partial charge on any atom is -0.360 e. The van der Waals surface area contributed by atoms with E-state index in [1.54, 1.807) is 6.20 Å². The highest BCUT2D eigenvalue weighted by Crippen LogP contribution is 2.33. The summed E-state index contributed by atoms with van der Waals surface area (Å²) in [5, 5.41) is 11.1. The molecule has 0 saturated heterocycles. The van der Waals surface area contributed by atoms with Gasteiger partial charge in [-0.2, -0.15) is 17.9 Å². The molecule has 0 N–H and O–H groups in total. The van der Waals surface area contributed by atoms with Gasteiger partial charge in [-0.25, -0.2) is 9.97 Å². The molecule has 5 nitrogen and oxygen atoms in total. The van der Waals surface area contributed by atoms with Gasteiger partial charge in [0.05, 0.1) is 23.3 Å². The number of rotatable bonds is 6. The molecule has 3 rings (SSSR count). The van der Waals surface area contributed by atoms with Gasteiger partial charge in [0, 0.05) is 17.5 Å². The first-order valence-corrected chi connectivity index (χ1v) is 10.1. The normalized spacial score (nSPS) is 11.0. The number of aromatic nitrogens is 3. The van der Waals surface area contributed by atoms with Crippen LogP contribution in [0.3, 0.4) is 0 Å². The number of benzene rings is 1. The molecule has 0 saturated carbocycles. The molecule has 0 bridgehead atoms. The van der Waals surface area contributed by atoms with E-state index in [0.717, 1.165) is 27.9 Å². The van der Waals surface area contributed by atoms with Crippen molar-refractivity contribution in [2.45, 2.75) is 25.7 Å². The van der Waals surface area contributed by atoms with E-state index < -0.39 is 0 Å². The highest BCUT2D eigenvalue weighted by molar-refractivity contribution is 7.98. The average Bonchev–Trinajstić information content (AvgIpc) is 2.99. The number of ether oxygens (including phenoxy) is 1. The third kappa shape index (κ3) is 3.58. The summed E-state index contributed by atoms with van der Waals surface area (Å²) in [5.74, 6) is 0.642. The molecule has 0 amide bonds. The Morgan fingerprint density at radius 1 is 1.31 bits per heavy atom. The molecule has 0 radical (unpaired) electrons. The van der Waals surface area contributed by atoms with Crippen LogP contribution in [0.25, 0.3) is 22.3 Å². The van der Waals surface area contributed by atoms with Crippen molar-refractivity contribution < 1.29 is 4.74 Å². The quantitative estimate of drug-likeness (QED) is 0.298. The van der Waals surface area contributed by atoms with Crippen molar-refractivity contribution in [3.05, 3.63) is 41.1 Å². The van der Waals surface area contributed by atoms with Crippen LogP contribution in [-0.2, 0) is 11.5 Å². The van der Waals surface area contributed by atoms with E-state index >= 15 is 0 Å². The van der Waals surface area contributed by atoms with Crippen LogP contribution in [0.15, 0.2) is 29.6 Å². The molecule has 1 aromatic carbocycles. The van der Waals surface area contributed by atoms with E-state index in [1.807, 2.05) is 10.8 Å². The summed E-state index contributed by atoms with van der Waals surface area (Å²) in [6.07, 6.45) is 3.73. The fraction of sp³-hybridized carbons (Fsp3) is 0.316. The zero-order valence-electron chi connectivity index (χ0n) is 15.0. The predicted molar refractivity (Wildman–Crippen MR) is 109 cm³/mol. The molecule has 0 fully saturated rings. The Morgan fingerprint density at radius 3 is 2.77 bits per heavy atom. The van der Waals surface area contributed by atoms with Crippen molar-refractivity contribution >= 4 is 35.4 Å². The molecule has 134 valence electrons. The van der Waals surface area contributed by atoms with Crippen LogP contribution < -0.4 is 0 Å². The molecule has 3 aromatic rings. The van der Waals surface area contributed by atoms with Gasteiger partial charge in [-0.05, 0) is 25.7 Å². The van der Waals surface area contributed by atoms with Gasteiger partial charge in [-0.15, -0.1) is 0 Å². The first-order valence-electron chi connectivity index (χ1n) is 8.20. The zero-order valence-corrected chi connectivity index (χ0v) is 16.7. The zero-order chi connectivity index (χ0) is 18.7. The topological polar surface area (TPSA) is 63.7 Å². The highest BCUT2D eigenvalue weighted by Gasteiger charge is 2.19. The third-order valence-electron chi connectivity index (χ3n) is 4.10. The monoisotopic (exact) mass is 384 g/mol. The third-order valence-corrected chi connectivity index (χ3v) is 4.83. The number of nitriles is 1. The molecule has 2 aromatic heterocycles. The molecule has 26 heavy (non-hydrogen) atoms. The van der Waals surface area contributed by atoms with Gasteiger partial charge in [-0.1, -0.05) is 35.5 Å². The maximum Gasteiger partial charge on any atom is 0.189 e. The van der Waals surface area contributed by atoms with Crippen molar-refractivity contribution in [1.82, 2.24) is 14.5 Å². The van der Waals surface area contributed by atoms with Gasteiger partial charge in [0.15, 0.2) is 5.16 Å². The van der Waals surface area contributed by atoms with Crippen LogP contribution in [-0.4, -0.2) is 33.2 Å². The number of nitrogens with zero attached hydrogens (tertiary/aromatic N) is 4. The van der Waals surface area contributed by atoms with Crippen LogP contribution >= 0.6 is 24.4 Å². The fourth-order valence-electron chi connectivity index (χ4n) is 2.94. The van der Waals surface area contributed by atoms with Crippen molar-refractivity contribution in [2.24, 2.45) is 0 Å². The van der Waals surface area contributed by atoms with Gasteiger partial charge in [0.25, 0.3) is 0 Å². The number of thioether (sulfide) groups is 1. The van der Waals surface area contributed by atoms with E-state index in [0.29, 0.717) is 29.8 Å². The summed E-state index contributed by atoms with van der Waals surface area (Å²) in [4.78, 5) is 9.37. The summed E-state index contributed by atoms with van der Waals surface area (Å²) in [7, 11) is 0. The van der Waals surface area contributed by atoms with E-state index in [1.165, 1.54) is 17.3 Å². The lowest BCUT2D eigenvalue weighted by atomic mass is 10.00. The van der Waals surface area contributed by atoms with Gasteiger partial charge >= 0.3 is 0 Å². The van der Waals surface area contributed by atoms with Gasteiger partial charge in [0.2, 0.25) is 0 Å². The molecule has 0 unspecified atom stereocenters. The van der Waals surface area contributed by atoms with E-state index in [9.17, 15) is 5.26 Å². The Bertz CT molecular complexity index is 991. The molecule has 0 aliphatic rings. The van der Waals surface area contributed by atoms with E-state index in [-0.39, 0.29) is 0 Å². The fourth-order valence-corrected chi connectivity index (χ4v) is 3.43. The number of hydrogen-bond donors (Lipinski definition) is 1. The molecule has 0 atom stereocenters. The Labute approximate surface area is 162 Å². The van der Waals surface area contributed by atoms with Crippen LogP contribution in [0.4, 0.5) is 0 Å². The second-order valence-corrected chi connectivity index (χ2v) is 7.18. The van der Waals surface area contributed by atoms with Crippen molar-refractivity contribution in [3.8, 4) is 17.3 Å². The number of aryl methyl sites for hydroxylation is 2. The van der Waals surface area contributed by atoms with Gasteiger partial charge in [-0.3, -0.25) is 0 Å². The van der Waals surface area contributed by atoms with E-state index in [4.69, 9.17) is 9.72 Å². The minimum atomic E-state index is 0.329. The number of hydrogen-bond acceptors (Lipinski definition) is 6. The molecular formula is C19H20N4OS2. The first-order chi connectivity index (χ1) is 12.6. The average molecular weight is 385 g/mol. The molecule has 7 heteroatoms. The molecule has 0 spiro atoms. The standard InChI is InChI=1S/C19H20N4OS2/c1-12-4-5-15(13(2)8-12)17-16-14(9-20)10-23(11-24-6-7-25)18(16)22-19(21-17)26-3/h4-5,8,10,25H,6-7,11H2,1-3H3. The first kappa shape index (κ1) is 18.8. The molecule has 2 heterocycles. The lowest BCUT2D eigenvalue weighted by Gasteiger charge is -2.11. The summed E-state index contributed by atoms with van der Waals surface area (Å²) < 4.78 is 7.47. The minimum absolute atomic E-state index is 0.329. The Morgan fingerprint density at radius 2 is 2.12 bits per heavy atom. The summed E-state index contributed by atoms with van der Waals surface area (Å²) in [6, 6.07) is 8.53. The Hall–Kier alpha value is -2.01. The van der Waals surface area contributed by atoms with Crippen molar-refractivity contribution in [3.63, 3.8) is 0 Å². The SMILES string of the molecule is CSc1nc(-c2ccc(C)cc2C)c2c(C#N)cn(COCCS)c2n1. The van der Waals surface area contributed by atoms with Crippen molar-refractivity contribution in [2.75, 3.05) is 18.6 Å². The summed E-state index contributed by atoms with van der Waals surface area (Å²) in [6.45, 7) is 4.99. The second kappa shape index (κ2) is 8.12. The van der Waals surface area contributed by atoms with Crippen LogP contribution in [0.2, 0.25) is 0 Å². The Balaban J connectivity index is 2.26. The predicted octanol–water partition coefficient (Wildman–Crippen LogP) is 4.21. The van der Waals surface area contributed by atoms with Crippen LogP contribution in [0, 0.1) is 25.2 Å². The Kier molecular flexibility index (Phi) is 5.87. The maximum absolute atomic E-state index is 9.65. The lowest BCUT2D eigenvalue weighted by Crippen LogP contribution is -2.05. The van der Waals surface area contributed by atoms with Crippen molar-refractivity contribution in [1.29, 1.82) is 5.26 Å². The highest BCUT2D eigenvalue weighted by atomic mass is 32.2. The number of fused-ring (bicyclic) bond motifs is 1. The van der Waals surface area contributed by atoms with Crippen LogP contribution in [0.1, 0.15) is 16.7 Å². The lowest BCUT2D eigenvalue weighted by molar-refractivity contribution is 0.0927. The van der Waals surface area contributed by atoms with E-state index in [2.05, 4.69) is 55.7 Å². The second-order valence-electron chi connectivity index (χ2n) is 5.96. The van der Waals surface area contributed by atoms with Crippen LogP contribution in [0.5, 0.6) is 0 Å². The van der Waals surface area contributed by atoms with Gasteiger partial charge < -0.3 is 9.30 Å². The molecule has 0 aliphatic heterocycles.